The highest BCUT2D eigenvalue weighted by molar-refractivity contribution is 7.11. The van der Waals surface area contributed by atoms with E-state index in [0.717, 1.165) is 24.4 Å². The van der Waals surface area contributed by atoms with Gasteiger partial charge in [-0.05, 0) is 24.4 Å². The Morgan fingerprint density at radius 2 is 2.11 bits per heavy atom. The minimum Gasteiger partial charge on any atom is -0.477 e. The number of nitrogens with one attached hydrogen (secondary N) is 2. The smallest absolute Gasteiger partial charge is 0.344 e. The van der Waals surface area contributed by atoms with Crippen LogP contribution in [0.2, 0.25) is 0 Å². The van der Waals surface area contributed by atoms with Crippen LogP contribution in [0.3, 0.4) is 0 Å². The molecule has 3 N–H and O–H groups in total. The van der Waals surface area contributed by atoms with E-state index in [4.69, 9.17) is 9.84 Å². The van der Waals surface area contributed by atoms with Crippen LogP contribution in [0.15, 0.2) is 0 Å². The molecule has 2 amide bonds. The molecule has 0 aromatic carbocycles. The summed E-state index contributed by atoms with van der Waals surface area (Å²) in [5, 5.41) is 14.4. The Morgan fingerprint density at radius 3 is 2.68 bits per heavy atom. The molecule has 0 fully saturated rings. The maximum Gasteiger partial charge on any atom is 0.344 e. The monoisotopic (exact) mass is 287 g/mol. The first-order valence-corrected chi connectivity index (χ1v) is 6.78. The second-order valence-corrected chi connectivity index (χ2v) is 4.50. The first-order chi connectivity index (χ1) is 9.10. The van der Waals surface area contributed by atoms with E-state index in [1.54, 1.807) is 0 Å². The lowest BCUT2D eigenvalue weighted by Gasteiger charge is -2.05. The molecule has 0 saturated heterocycles. The molecule has 8 heteroatoms. The summed E-state index contributed by atoms with van der Waals surface area (Å²) in [6.07, 6.45) is 1.54. The summed E-state index contributed by atoms with van der Waals surface area (Å²) in [5.74, 6) is -1.13. The largest absolute Gasteiger partial charge is 0.477 e. The van der Waals surface area contributed by atoms with Crippen molar-refractivity contribution in [2.24, 2.45) is 0 Å². The van der Waals surface area contributed by atoms with Gasteiger partial charge in [0.15, 0.2) is 5.56 Å². The van der Waals surface area contributed by atoms with Crippen LogP contribution in [-0.4, -0.2) is 34.6 Å². The lowest BCUT2D eigenvalue weighted by molar-refractivity contribution is 0.0693. The third kappa shape index (κ3) is 4.40. The zero-order valence-electron chi connectivity index (χ0n) is 10.9. The van der Waals surface area contributed by atoms with Gasteiger partial charge < -0.3 is 15.2 Å². The lowest BCUT2D eigenvalue weighted by atomic mass is 10.3. The fourth-order valence-electron chi connectivity index (χ4n) is 1.23. The predicted octanol–water partition coefficient (Wildman–Crippen LogP) is 2.16. The van der Waals surface area contributed by atoms with Crippen molar-refractivity contribution in [1.29, 1.82) is 0 Å². The molecule has 1 aromatic heterocycles. The van der Waals surface area contributed by atoms with Crippen LogP contribution in [0.5, 0.6) is 5.88 Å². The highest BCUT2D eigenvalue weighted by atomic mass is 32.1. The number of carboxylic acid groups (broad SMARTS) is 1. The summed E-state index contributed by atoms with van der Waals surface area (Å²) in [6.45, 7) is 4.73. The van der Waals surface area contributed by atoms with Crippen molar-refractivity contribution in [2.45, 2.75) is 26.7 Å². The van der Waals surface area contributed by atoms with Crippen LogP contribution in [0, 0.1) is 0 Å². The summed E-state index contributed by atoms with van der Waals surface area (Å²) >= 11 is 0.889. The van der Waals surface area contributed by atoms with Gasteiger partial charge in [-0.3, -0.25) is 5.32 Å². The summed E-state index contributed by atoms with van der Waals surface area (Å²) in [7, 11) is 0. The molecule has 0 saturated carbocycles. The van der Waals surface area contributed by atoms with Crippen molar-refractivity contribution in [3.63, 3.8) is 0 Å². The zero-order valence-corrected chi connectivity index (χ0v) is 11.7. The van der Waals surface area contributed by atoms with E-state index in [-0.39, 0.29) is 16.4 Å². The number of carbonyl (C=O) groups excluding carboxylic acids is 1. The van der Waals surface area contributed by atoms with Crippen LogP contribution < -0.4 is 15.4 Å². The number of ether oxygens (including phenoxy) is 1. The molecule has 106 valence electrons. The molecule has 7 nitrogen and oxygen atoms in total. The van der Waals surface area contributed by atoms with E-state index in [9.17, 15) is 9.59 Å². The Hall–Kier alpha value is -1.83. The number of urea groups is 1. The number of anilines is 1. The number of aromatic carboxylic acids is 1. The molecule has 0 bridgehead atoms. The topological polar surface area (TPSA) is 101 Å². The van der Waals surface area contributed by atoms with Gasteiger partial charge in [0.1, 0.15) is 5.00 Å². The maximum absolute atomic E-state index is 11.5. The van der Waals surface area contributed by atoms with E-state index in [2.05, 4.69) is 15.0 Å². The van der Waals surface area contributed by atoms with Crippen molar-refractivity contribution in [3.8, 4) is 5.88 Å². The summed E-state index contributed by atoms with van der Waals surface area (Å²) in [4.78, 5) is 22.7. The van der Waals surface area contributed by atoms with Crippen LogP contribution >= 0.6 is 11.5 Å². The van der Waals surface area contributed by atoms with Crippen LogP contribution in [0.4, 0.5) is 9.80 Å². The number of hydrogen-bond acceptors (Lipinski definition) is 5. The first kappa shape index (κ1) is 15.2. The molecular weight excluding hydrogens is 270 g/mol. The fourth-order valence-corrected chi connectivity index (χ4v) is 1.95. The first-order valence-electron chi connectivity index (χ1n) is 6.00. The molecule has 0 aliphatic rings. The average molecular weight is 287 g/mol. The molecular formula is C11H17N3O4S. The van der Waals surface area contributed by atoms with Gasteiger partial charge in [0.2, 0.25) is 5.88 Å². The normalized spacial score (nSPS) is 10.0. The van der Waals surface area contributed by atoms with Crippen LogP contribution in [0.1, 0.15) is 37.0 Å². The molecule has 1 heterocycles. The van der Waals surface area contributed by atoms with Gasteiger partial charge in [-0.25, -0.2) is 9.59 Å². The van der Waals surface area contributed by atoms with Crippen molar-refractivity contribution in [2.75, 3.05) is 18.5 Å². The molecule has 0 spiro atoms. The lowest BCUT2D eigenvalue weighted by Crippen LogP contribution is -2.29. The third-order valence-electron chi connectivity index (χ3n) is 2.08. The molecule has 0 aliphatic carbocycles. The molecule has 0 unspecified atom stereocenters. The second kappa shape index (κ2) is 7.57. The molecule has 1 aromatic rings. The Kier molecular flexibility index (Phi) is 6.07. The molecule has 0 radical (unpaired) electrons. The second-order valence-electron chi connectivity index (χ2n) is 3.73. The number of carboxylic acids is 1. The molecule has 19 heavy (non-hydrogen) atoms. The van der Waals surface area contributed by atoms with Crippen molar-refractivity contribution < 1.29 is 19.4 Å². The number of carbonyl (C=O) groups is 2. The van der Waals surface area contributed by atoms with Gasteiger partial charge in [-0.15, -0.1) is 0 Å². The Morgan fingerprint density at radius 1 is 1.37 bits per heavy atom. The molecule has 0 atom stereocenters. The van der Waals surface area contributed by atoms with Gasteiger partial charge in [0.25, 0.3) is 0 Å². The minimum atomic E-state index is -1.18. The van der Waals surface area contributed by atoms with Crippen LogP contribution in [0.25, 0.3) is 0 Å². The predicted molar refractivity (Wildman–Crippen MR) is 72.2 cm³/mol. The van der Waals surface area contributed by atoms with E-state index in [1.165, 1.54) is 0 Å². The third-order valence-corrected chi connectivity index (χ3v) is 2.83. The van der Waals surface area contributed by atoms with Crippen molar-refractivity contribution >= 4 is 28.5 Å². The number of nitrogens with zero attached hydrogens (tertiary/aromatic N) is 1. The van der Waals surface area contributed by atoms with Gasteiger partial charge in [-0.2, -0.15) is 4.37 Å². The van der Waals surface area contributed by atoms with E-state index < -0.39 is 12.0 Å². The van der Waals surface area contributed by atoms with Crippen LogP contribution in [-0.2, 0) is 0 Å². The quantitative estimate of drug-likeness (QED) is 0.713. The SMILES string of the molecule is CCCNC(=O)Nc1snc(OCCC)c1C(=O)O. The standard InChI is InChI=1S/C11H17N3O4S/c1-3-5-12-11(17)13-9-7(10(15)16)8(14-19-9)18-6-4-2/h3-6H2,1-2H3,(H,15,16)(H2,12,13,17). The van der Waals surface area contributed by atoms with E-state index in [1.807, 2.05) is 13.8 Å². The number of hydrogen-bond donors (Lipinski definition) is 3. The molecule has 0 aliphatic heterocycles. The van der Waals surface area contributed by atoms with E-state index in [0.29, 0.717) is 13.2 Å². The van der Waals surface area contributed by atoms with Crippen molar-refractivity contribution in [1.82, 2.24) is 9.69 Å². The fraction of sp³-hybridized carbons (Fsp3) is 0.545. The summed E-state index contributed by atoms with van der Waals surface area (Å²) < 4.78 is 9.14. The number of rotatable bonds is 7. The number of amides is 2. The Bertz CT molecular complexity index is 447. The highest BCUT2D eigenvalue weighted by Crippen LogP contribution is 2.30. The Labute approximate surface area is 115 Å². The highest BCUT2D eigenvalue weighted by Gasteiger charge is 2.23. The van der Waals surface area contributed by atoms with Gasteiger partial charge in [-0.1, -0.05) is 13.8 Å². The Balaban J connectivity index is 2.80. The maximum atomic E-state index is 11.5. The number of aromatic nitrogens is 1. The zero-order chi connectivity index (χ0) is 14.3. The summed E-state index contributed by atoms with van der Waals surface area (Å²) in [5.41, 5.74) is -0.106. The van der Waals surface area contributed by atoms with E-state index >= 15 is 0 Å². The minimum absolute atomic E-state index is 0.0464. The summed E-state index contributed by atoms with van der Waals surface area (Å²) in [6, 6.07) is -0.449. The van der Waals surface area contributed by atoms with Gasteiger partial charge >= 0.3 is 12.0 Å². The average Bonchev–Trinajstić information content (AvgIpc) is 2.76. The van der Waals surface area contributed by atoms with Crippen molar-refractivity contribution in [3.05, 3.63) is 5.56 Å². The molecule has 1 rings (SSSR count). The van der Waals surface area contributed by atoms with Gasteiger partial charge in [0.05, 0.1) is 6.61 Å². The van der Waals surface area contributed by atoms with Gasteiger partial charge in [0, 0.05) is 6.54 Å².